The average molecular weight is 400 g/mol. The van der Waals surface area contributed by atoms with Crippen LogP contribution >= 0.6 is 11.3 Å². The zero-order valence-corrected chi connectivity index (χ0v) is 16.0. The first-order chi connectivity index (χ1) is 12.8. The maximum atomic E-state index is 12.8. The molecule has 0 atom stereocenters. The second-order valence-corrected chi connectivity index (χ2v) is 9.00. The highest BCUT2D eigenvalue weighted by atomic mass is 32.2. The first-order valence-electron chi connectivity index (χ1n) is 8.04. The fourth-order valence-electron chi connectivity index (χ4n) is 2.75. The van der Waals surface area contributed by atoms with Gasteiger partial charge in [0.25, 0.3) is 0 Å². The Morgan fingerprint density at radius 3 is 2.26 bits per heavy atom. The Balaban J connectivity index is 2.01. The molecule has 138 valence electrons. The van der Waals surface area contributed by atoms with Crippen LogP contribution in [0.25, 0.3) is 0 Å². The SMILES string of the molecule is Cc1ccccc1S(=O)(=O)Cc1cc(C(=O)c2ccccc2)sc1C(=O)O. The molecule has 0 aliphatic heterocycles. The van der Waals surface area contributed by atoms with Crippen LogP contribution < -0.4 is 0 Å². The Morgan fingerprint density at radius 2 is 1.63 bits per heavy atom. The van der Waals surface area contributed by atoms with Gasteiger partial charge in [-0.25, -0.2) is 13.2 Å². The largest absolute Gasteiger partial charge is 0.477 e. The van der Waals surface area contributed by atoms with Gasteiger partial charge in [0.2, 0.25) is 5.78 Å². The fourth-order valence-corrected chi connectivity index (χ4v) is 5.46. The number of carbonyl (C=O) groups is 2. The lowest BCUT2D eigenvalue weighted by molar-refractivity contribution is 0.0701. The van der Waals surface area contributed by atoms with E-state index in [1.807, 2.05) is 0 Å². The van der Waals surface area contributed by atoms with Gasteiger partial charge < -0.3 is 5.11 Å². The van der Waals surface area contributed by atoms with Gasteiger partial charge in [0, 0.05) is 5.56 Å². The van der Waals surface area contributed by atoms with E-state index in [4.69, 9.17) is 0 Å². The molecule has 0 spiro atoms. The molecule has 3 rings (SSSR count). The minimum Gasteiger partial charge on any atom is -0.477 e. The number of rotatable bonds is 6. The van der Waals surface area contributed by atoms with Crippen LogP contribution in [0.3, 0.4) is 0 Å². The summed E-state index contributed by atoms with van der Waals surface area (Å²) in [7, 11) is -3.74. The maximum absolute atomic E-state index is 12.8. The standard InChI is InChI=1S/C20H16O5S2/c1-13-7-5-6-10-17(13)27(24,25)12-15-11-16(26-19(15)20(22)23)18(21)14-8-3-2-4-9-14/h2-11H,12H2,1H3,(H,22,23). The van der Waals surface area contributed by atoms with Gasteiger partial charge >= 0.3 is 5.97 Å². The molecule has 27 heavy (non-hydrogen) atoms. The minimum atomic E-state index is -3.74. The summed E-state index contributed by atoms with van der Waals surface area (Å²) >= 11 is 0.797. The van der Waals surface area contributed by atoms with Gasteiger partial charge in [-0.3, -0.25) is 4.79 Å². The van der Waals surface area contributed by atoms with Gasteiger partial charge in [-0.15, -0.1) is 11.3 Å². The summed E-state index contributed by atoms with van der Waals surface area (Å²) in [6.07, 6.45) is 0. The fraction of sp³-hybridized carbons (Fsp3) is 0.100. The van der Waals surface area contributed by atoms with Gasteiger partial charge in [-0.1, -0.05) is 48.5 Å². The van der Waals surface area contributed by atoms with Crippen LogP contribution in [-0.4, -0.2) is 25.3 Å². The quantitative estimate of drug-likeness (QED) is 0.633. The minimum absolute atomic E-state index is 0.120. The molecule has 7 heteroatoms. The van der Waals surface area contributed by atoms with Crippen molar-refractivity contribution < 1.29 is 23.1 Å². The van der Waals surface area contributed by atoms with E-state index in [1.165, 1.54) is 12.1 Å². The van der Waals surface area contributed by atoms with E-state index in [-0.39, 0.29) is 26.0 Å². The van der Waals surface area contributed by atoms with E-state index in [2.05, 4.69) is 0 Å². The van der Waals surface area contributed by atoms with Crippen LogP contribution in [0.2, 0.25) is 0 Å². The third kappa shape index (κ3) is 3.99. The second kappa shape index (κ2) is 7.46. The summed E-state index contributed by atoms with van der Waals surface area (Å²) in [4.78, 5) is 24.4. The van der Waals surface area contributed by atoms with Crippen molar-refractivity contribution in [3.63, 3.8) is 0 Å². The van der Waals surface area contributed by atoms with Gasteiger partial charge in [0.15, 0.2) is 9.84 Å². The number of carboxylic acids is 1. The first-order valence-corrected chi connectivity index (χ1v) is 10.5. The van der Waals surface area contributed by atoms with Crippen molar-refractivity contribution in [2.24, 2.45) is 0 Å². The highest BCUT2D eigenvalue weighted by Gasteiger charge is 2.25. The van der Waals surface area contributed by atoms with Crippen LogP contribution in [0, 0.1) is 6.92 Å². The van der Waals surface area contributed by atoms with Crippen molar-refractivity contribution in [3.05, 3.63) is 87.1 Å². The number of benzene rings is 2. The van der Waals surface area contributed by atoms with Gasteiger partial charge in [-0.05, 0) is 30.2 Å². The van der Waals surface area contributed by atoms with Gasteiger partial charge in [-0.2, -0.15) is 0 Å². The molecule has 1 aromatic heterocycles. The molecular formula is C20H16O5S2. The number of thiophene rings is 1. The molecule has 0 fully saturated rings. The Hall–Kier alpha value is -2.77. The van der Waals surface area contributed by atoms with Crippen molar-refractivity contribution >= 4 is 32.9 Å². The van der Waals surface area contributed by atoms with Crippen molar-refractivity contribution in [3.8, 4) is 0 Å². The molecule has 0 saturated heterocycles. The molecule has 5 nitrogen and oxygen atoms in total. The molecule has 2 aromatic carbocycles. The Bertz CT molecular complexity index is 1110. The molecule has 0 aliphatic rings. The van der Waals surface area contributed by atoms with E-state index in [9.17, 15) is 23.1 Å². The van der Waals surface area contributed by atoms with Crippen LogP contribution in [0.1, 0.15) is 36.0 Å². The number of aromatic carboxylic acids is 1. The molecule has 1 N–H and O–H groups in total. The predicted octanol–water partition coefficient (Wildman–Crippen LogP) is 3.96. The van der Waals surface area contributed by atoms with Gasteiger partial charge in [0.05, 0.1) is 15.5 Å². The van der Waals surface area contributed by atoms with Crippen LogP contribution in [0.15, 0.2) is 65.6 Å². The van der Waals surface area contributed by atoms with Crippen LogP contribution in [-0.2, 0) is 15.6 Å². The zero-order valence-electron chi connectivity index (χ0n) is 14.4. The Morgan fingerprint density at radius 1 is 1.00 bits per heavy atom. The first kappa shape index (κ1) is 19.0. The molecule has 1 heterocycles. The molecule has 0 amide bonds. The highest BCUT2D eigenvalue weighted by molar-refractivity contribution is 7.90. The van der Waals surface area contributed by atoms with E-state index in [0.29, 0.717) is 11.1 Å². The molecule has 3 aromatic rings. The van der Waals surface area contributed by atoms with E-state index in [1.54, 1.807) is 55.5 Å². The number of hydrogen-bond acceptors (Lipinski definition) is 5. The topological polar surface area (TPSA) is 88.5 Å². The van der Waals surface area contributed by atoms with E-state index in [0.717, 1.165) is 11.3 Å². The zero-order chi connectivity index (χ0) is 19.6. The van der Waals surface area contributed by atoms with E-state index >= 15 is 0 Å². The lowest BCUT2D eigenvalue weighted by Gasteiger charge is -2.07. The third-order valence-corrected chi connectivity index (χ3v) is 7.02. The summed E-state index contributed by atoms with van der Waals surface area (Å²) in [5.74, 6) is -2.05. The van der Waals surface area contributed by atoms with Crippen molar-refractivity contribution in [1.82, 2.24) is 0 Å². The Labute approximate surface area is 160 Å². The normalized spacial score (nSPS) is 11.3. The molecule has 0 bridgehead atoms. The van der Waals surface area contributed by atoms with Crippen molar-refractivity contribution in [2.75, 3.05) is 0 Å². The smallest absolute Gasteiger partial charge is 0.346 e. The lowest BCUT2D eigenvalue weighted by Crippen LogP contribution is -2.09. The van der Waals surface area contributed by atoms with E-state index < -0.39 is 21.6 Å². The monoisotopic (exact) mass is 400 g/mol. The molecule has 0 saturated carbocycles. The number of hydrogen-bond donors (Lipinski definition) is 1. The second-order valence-electron chi connectivity index (χ2n) is 5.99. The molecule has 0 aliphatic carbocycles. The number of aryl methyl sites for hydroxylation is 1. The highest BCUT2D eigenvalue weighted by Crippen LogP contribution is 2.29. The summed E-state index contributed by atoms with van der Waals surface area (Å²) in [5, 5.41) is 9.46. The van der Waals surface area contributed by atoms with Crippen molar-refractivity contribution in [1.29, 1.82) is 0 Å². The van der Waals surface area contributed by atoms with Crippen molar-refractivity contribution in [2.45, 2.75) is 17.6 Å². The number of carboxylic acid groups (broad SMARTS) is 1. The Kier molecular flexibility index (Phi) is 5.25. The molecule has 0 radical (unpaired) electrons. The van der Waals surface area contributed by atoms with Crippen LogP contribution in [0.5, 0.6) is 0 Å². The molecule has 0 unspecified atom stereocenters. The summed E-state index contributed by atoms with van der Waals surface area (Å²) < 4.78 is 25.5. The third-order valence-electron chi connectivity index (χ3n) is 4.04. The van der Waals surface area contributed by atoms with Crippen LogP contribution in [0.4, 0.5) is 0 Å². The number of carbonyl (C=O) groups excluding carboxylic acids is 1. The summed E-state index contributed by atoms with van der Waals surface area (Å²) in [6.45, 7) is 1.68. The summed E-state index contributed by atoms with van der Waals surface area (Å²) in [5.41, 5.74) is 1.13. The number of sulfone groups is 1. The lowest BCUT2D eigenvalue weighted by atomic mass is 10.1. The molecular weight excluding hydrogens is 384 g/mol. The number of ketones is 1. The average Bonchev–Trinajstić information content (AvgIpc) is 3.05. The predicted molar refractivity (Wildman–Crippen MR) is 103 cm³/mol. The summed E-state index contributed by atoms with van der Waals surface area (Å²) in [6, 6.07) is 16.4. The maximum Gasteiger partial charge on any atom is 0.346 e. The van der Waals surface area contributed by atoms with Gasteiger partial charge in [0.1, 0.15) is 4.88 Å².